The highest BCUT2D eigenvalue weighted by Crippen LogP contribution is 2.17. The zero-order chi connectivity index (χ0) is 39.8. The topological polar surface area (TPSA) is 112 Å². The van der Waals surface area contributed by atoms with Gasteiger partial charge in [0.15, 0.2) is 0 Å². The van der Waals surface area contributed by atoms with Crippen LogP contribution in [0.5, 0.6) is 0 Å². The zero-order valence-electron chi connectivity index (χ0n) is 36.1. The Morgan fingerprint density at radius 1 is 0.308 bits per heavy atom. The Balaban J connectivity index is -0.000000298. The summed E-state index contributed by atoms with van der Waals surface area (Å²) >= 11 is 0. The van der Waals surface area contributed by atoms with Gasteiger partial charge in [-0.1, -0.05) is 234 Å². The van der Waals surface area contributed by atoms with Crippen molar-refractivity contribution in [3.63, 3.8) is 0 Å². The summed E-state index contributed by atoms with van der Waals surface area (Å²) in [6.45, 7) is 13.6. The standard InChI is InChI=1S/3C12H24O2.C10H22/c3*1-2-3-4-5-6-7-8-9-10-11-12(13)14;1-4-7-9-10(6-3)8-5-2/h3*2-11H2,1H3,(H,13,14);10H,4-9H2,1-3H3. The van der Waals surface area contributed by atoms with E-state index in [1.807, 2.05) is 0 Å². The molecular weight excluding hydrogens is 649 g/mol. The maximum atomic E-state index is 10.2. The molecule has 0 amide bonds. The molecule has 0 aromatic rings. The second kappa shape index (κ2) is 53.8. The first-order valence-electron chi connectivity index (χ1n) is 22.8. The number of rotatable bonds is 36. The highest BCUT2D eigenvalue weighted by atomic mass is 16.4. The van der Waals surface area contributed by atoms with Crippen LogP contribution < -0.4 is 0 Å². The summed E-state index contributed by atoms with van der Waals surface area (Å²) in [4.78, 5) is 30.6. The highest BCUT2D eigenvalue weighted by molar-refractivity contribution is 5.67. The largest absolute Gasteiger partial charge is 0.481 e. The summed E-state index contributed by atoms with van der Waals surface area (Å²) in [7, 11) is 0. The lowest BCUT2D eigenvalue weighted by atomic mass is 9.95. The summed E-state index contributed by atoms with van der Waals surface area (Å²) in [6, 6.07) is 0. The van der Waals surface area contributed by atoms with Gasteiger partial charge in [-0.15, -0.1) is 0 Å². The van der Waals surface area contributed by atoms with E-state index in [9.17, 15) is 14.4 Å². The lowest BCUT2D eigenvalue weighted by molar-refractivity contribution is -0.138. The van der Waals surface area contributed by atoms with E-state index in [0.29, 0.717) is 19.3 Å². The van der Waals surface area contributed by atoms with E-state index in [4.69, 9.17) is 15.3 Å². The van der Waals surface area contributed by atoms with Crippen molar-refractivity contribution in [2.45, 2.75) is 273 Å². The van der Waals surface area contributed by atoms with Gasteiger partial charge in [0.25, 0.3) is 0 Å². The first-order chi connectivity index (χ1) is 25.2. The first-order valence-corrected chi connectivity index (χ1v) is 22.8. The average molecular weight is 743 g/mol. The van der Waals surface area contributed by atoms with E-state index >= 15 is 0 Å². The predicted molar refractivity (Wildman–Crippen MR) is 227 cm³/mol. The molecule has 0 saturated carbocycles. The molecule has 6 heteroatoms. The van der Waals surface area contributed by atoms with E-state index in [0.717, 1.165) is 44.4 Å². The third-order valence-electron chi connectivity index (χ3n) is 9.72. The van der Waals surface area contributed by atoms with E-state index in [1.165, 1.54) is 173 Å². The predicted octanol–water partition coefficient (Wildman–Crippen LogP) is 16.0. The second-order valence-electron chi connectivity index (χ2n) is 15.1. The molecule has 1 unspecified atom stereocenters. The Kier molecular flexibility index (Phi) is 59.1. The fourth-order valence-corrected chi connectivity index (χ4v) is 6.21. The van der Waals surface area contributed by atoms with Gasteiger partial charge in [0.05, 0.1) is 0 Å². The van der Waals surface area contributed by atoms with Crippen molar-refractivity contribution >= 4 is 17.9 Å². The van der Waals surface area contributed by atoms with Gasteiger partial charge in [-0.25, -0.2) is 0 Å². The summed E-state index contributed by atoms with van der Waals surface area (Å²) < 4.78 is 0. The minimum absolute atomic E-state index is 0.343. The molecule has 314 valence electrons. The lowest BCUT2D eigenvalue weighted by Gasteiger charge is -2.11. The number of hydrogen-bond acceptors (Lipinski definition) is 3. The smallest absolute Gasteiger partial charge is 0.303 e. The Morgan fingerprint density at radius 3 is 0.731 bits per heavy atom. The summed E-state index contributed by atoms with van der Waals surface area (Å²) in [5.74, 6) is -0.959. The Labute approximate surface area is 325 Å². The molecule has 0 bridgehead atoms. The van der Waals surface area contributed by atoms with Crippen LogP contribution in [0.1, 0.15) is 273 Å². The molecule has 0 saturated heterocycles. The molecule has 0 aromatic heterocycles. The number of carboxylic acids is 3. The van der Waals surface area contributed by atoms with Gasteiger partial charge in [0.1, 0.15) is 0 Å². The third-order valence-corrected chi connectivity index (χ3v) is 9.72. The molecule has 0 aliphatic rings. The Bertz CT molecular complexity index is 604. The molecule has 0 aliphatic carbocycles. The van der Waals surface area contributed by atoms with Crippen LogP contribution in [-0.2, 0) is 14.4 Å². The number of aliphatic carboxylic acids is 3. The van der Waals surface area contributed by atoms with Gasteiger partial charge in [-0.05, 0) is 25.2 Å². The van der Waals surface area contributed by atoms with Crippen LogP contribution >= 0.6 is 0 Å². The summed E-state index contributed by atoms with van der Waals surface area (Å²) in [5, 5.41) is 25.2. The van der Waals surface area contributed by atoms with Gasteiger partial charge in [0, 0.05) is 19.3 Å². The molecule has 0 rings (SSSR count). The quantitative estimate of drug-likeness (QED) is 0.0551. The van der Waals surface area contributed by atoms with Crippen molar-refractivity contribution in [3.8, 4) is 0 Å². The number of unbranched alkanes of at least 4 members (excludes halogenated alkanes) is 25. The second-order valence-corrected chi connectivity index (χ2v) is 15.1. The summed E-state index contributed by atoms with van der Waals surface area (Å²) in [6.07, 6.45) is 42.9. The minimum Gasteiger partial charge on any atom is -0.481 e. The van der Waals surface area contributed by atoms with E-state index < -0.39 is 17.9 Å². The molecule has 0 aliphatic heterocycles. The van der Waals surface area contributed by atoms with Gasteiger partial charge < -0.3 is 15.3 Å². The Hall–Kier alpha value is -1.59. The molecule has 0 heterocycles. The van der Waals surface area contributed by atoms with Crippen molar-refractivity contribution < 1.29 is 29.7 Å². The van der Waals surface area contributed by atoms with Crippen LogP contribution in [-0.4, -0.2) is 33.2 Å². The van der Waals surface area contributed by atoms with Crippen molar-refractivity contribution in [1.82, 2.24) is 0 Å². The molecule has 52 heavy (non-hydrogen) atoms. The zero-order valence-corrected chi connectivity index (χ0v) is 36.1. The molecule has 1 atom stereocenters. The van der Waals surface area contributed by atoms with E-state index in [2.05, 4.69) is 41.5 Å². The maximum Gasteiger partial charge on any atom is 0.303 e. The van der Waals surface area contributed by atoms with Crippen molar-refractivity contribution in [1.29, 1.82) is 0 Å². The normalized spacial score (nSPS) is 11.0. The van der Waals surface area contributed by atoms with Gasteiger partial charge >= 0.3 is 17.9 Å². The molecule has 0 radical (unpaired) electrons. The van der Waals surface area contributed by atoms with Crippen molar-refractivity contribution in [3.05, 3.63) is 0 Å². The average Bonchev–Trinajstić information content (AvgIpc) is 3.12. The van der Waals surface area contributed by atoms with Crippen molar-refractivity contribution in [2.24, 2.45) is 5.92 Å². The Morgan fingerprint density at radius 2 is 0.538 bits per heavy atom. The molecule has 0 spiro atoms. The molecular formula is C46H94O6. The number of carboxylic acid groups (broad SMARTS) is 3. The first kappa shape index (κ1) is 57.1. The van der Waals surface area contributed by atoms with Gasteiger partial charge in [-0.3, -0.25) is 14.4 Å². The molecule has 0 fully saturated rings. The monoisotopic (exact) mass is 743 g/mol. The van der Waals surface area contributed by atoms with Crippen LogP contribution in [0, 0.1) is 5.92 Å². The minimum atomic E-state index is -0.659. The van der Waals surface area contributed by atoms with E-state index in [1.54, 1.807) is 0 Å². The summed E-state index contributed by atoms with van der Waals surface area (Å²) in [5.41, 5.74) is 0. The SMILES string of the molecule is CCCCC(CC)CCC.CCCCCCCCCCCC(=O)O.CCCCCCCCCCCC(=O)O.CCCCCCCCCCCC(=O)O. The molecule has 6 nitrogen and oxygen atoms in total. The van der Waals surface area contributed by atoms with Crippen molar-refractivity contribution in [2.75, 3.05) is 0 Å². The van der Waals surface area contributed by atoms with Crippen LogP contribution in [0.15, 0.2) is 0 Å². The van der Waals surface area contributed by atoms with Crippen LogP contribution in [0.4, 0.5) is 0 Å². The molecule has 3 N–H and O–H groups in total. The fraction of sp³-hybridized carbons (Fsp3) is 0.935. The van der Waals surface area contributed by atoms with Crippen LogP contribution in [0.2, 0.25) is 0 Å². The third kappa shape index (κ3) is 66.6. The highest BCUT2D eigenvalue weighted by Gasteiger charge is 2.03. The van der Waals surface area contributed by atoms with Gasteiger partial charge in [0.2, 0.25) is 0 Å². The number of carbonyl (C=O) groups is 3. The van der Waals surface area contributed by atoms with Crippen LogP contribution in [0.25, 0.3) is 0 Å². The van der Waals surface area contributed by atoms with E-state index in [-0.39, 0.29) is 0 Å². The number of hydrogen-bond donors (Lipinski definition) is 3. The molecule has 0 aromatic carbocycles. The lowest BCUT2D eigenvalue weighted by Crippen LogP contribution is -1.97. The maximum absolute atomic E-state index is 10.2. The van der Waals surface area contributed by atoms with Crippen LogP contribution in [0.3, 0.4) is 0 Å². The fourth-order valence-electron chi connectivity index (χ4n) is 6.21. The van der Waals surface area contributed by atoms with Gasteiger partial charge in [-0.2, -0.15) is 0 Å².